The second-order valence-electron chi connectivity index (χ2n) is 8.72. The molecule has 3 aromatic rings. The monoisotopic (exact) mass is 449 g/mol. The van der Waals surface area contributed by atoms with Gasteiger partial charge in [-0.25, -0.2) is 4.98 Å². The van der Waals surface area contributed by atoms with E-state index in [1.54, 1.807) is 23.3 Å². The van der Waals surface area contributed by atoms with Crippen molar-refractivity contribution in [2.45, 2.75) is 32.1 Å². The molecule has 2 atom stereocenters. The first-order valence-electron chi connectivity index (χ1n) is 11.1. The molecule has 0 aliphatic carbocycles. The number of hydrogen-bond donors (Lipinski definition) is 0. The molecule has 0 N–H and O–H groups in total. The van der Waals surface area contributed by atoms with Gasteiger partial charge in [0.15, 0.2) is 0 Å². The summed E-state index contributed by atoms with van der Waals surface area (Å²) in [6.45, 7) is 3.82. The van der Waals surface area contributed by atoms with Gasteiger partial charge in [-0.2, -0.15) is 0 Å². The number of piperidine rings is 1. The van der Waals surface area contributed by atoms with Crippen molar-refractivity contribution >= 4 is 39.1 Å². The van der Waals surface area contributed by atoms with Gasteiger partial charge in [0.2, 0.25) is 11.8 Å². The molecule has 0 radical (unpaired) electrons. The van der Waals surface area contributed by atoms with Crippen molar-refractivity contribution in [3.63, 3.8) is 0 Å². The van der Waals surface area contributed by atoms with Gasteiger partial charge in [-0.3, -0.25) is 9.59 Å². The van der Waals surface area contributed by atoms with Crippen LogP contribution in [0.4, 0.5) is 5.69 Å². The Bertz CT molecular complexity index is 1140. The summed E-state index contributed by atoms with van der Waals surface area (Å²) < 4.78 is 6.66. The minimum Gasteiger partial charge on any atom is -0.495 e. The van der Waals surface area contributed by atoms with Gasteiger partial charge in [-0.05, 0) is 49.6 Å². The number of amides is 2. The molecule has 2 fully saturated rings. The zero-order valence-electron chi connectivity index (χ0n) is 18.4. The molecule has 0 saturated carbocycles. The van der Waals surface area contributed by atoms with Gasteiger partial charge in [0.1, 0.15) is 5.75 Å². The Kier molecular flexibility index (Phi) is 5.59. The summed E-state index contributed by atoms with van der Waals surface area (Å²) in [5.41, 5.74) is 2.83. The van der Waals surface area contributed by atoms with Crippen molar-refractivity contribution < 1.29 is 14.3 Å². The first-order valence-corrected chi connectivity index (χ1v) is 11.9. The van der Waals surface area contributed by atoms with E-state index < -0.39 is 0 Å². The molecule has 166 valence electrons. The molecule has 0 unspecified atom stereocenters. The van der Waals surface area contributed by atoms with Crippen molar-refractivity contribution in [3.05, 3.63) is 53.0 Å². The van der Waals surface area contributed by atoms with Crippen LogP contribution in [0.15, 0.2) is 42.5 Å². The van der Waals surface area contributed by atoms with Crippen LogP contribution >= 0.6 is 11.3 Å². The molecule has 0 spiro atoms. The van der Waals surface area contributed by atoms with Crippen molar-refractivity contribution in [3.8, 4) is 5.75 Å². The number of nitrogens with zero attached hydrogens (tertiary/aromatic N) is 3. The maximum atomic E-state index is 13.4. The van der Waals surface area contributed by atoms with E-state index in [2.05, 4.69) is 6.07 Å². The predicted molar refractivity (Wildman–Crippen MR) is 126 cm³/mol. The largest absolute Gasteiger partial charge is 0.495 e. The Morgan fingerprint density at radius 3 is 2.84 bits per heavy atom. The maximum Gasteiger partial charge on any atom is 0.228 e. The first kappa shape index (κ1) is 20.9. The SMILES string of the molecule is COc1ccc(C)cc1N1C[C@@H](C(=O)N2CCC[C@H](c3nc4ccccc4s3)C2)CC1=O. The highest BCUT2D eigenvalue weighted by atomic mass is 32.1. The van der Waals surface area contributed by atoms with Crippen LogP contribution in [0.2, 0.25) is 0 Å². The smallest absolute Gasteiger partial charge is 0.228 e. The molecule has 5 rings (SSSR count). The lowest BCUT2D eigenvalue weighted by Crippen LogP contribution is -2.43. The summed E-state index contributed by atoms with van der Waals surface area (Å²) in [6.07, 6.45) is 2.25. The van der Waals surface area contributed by atoms with Gasteiger partial charge in [0.05, 0.1) is 33.9 Å². The summed E-state index contributed by atoms with van der Waals surface area (Å²) in [7, 11) is 1.60. The number of thiazole rings is 1. The summed E-state index contributed by atoms with van der Waals surface area (Å²) >= 11 is 1.73. The van der Waals surface area contributed by atoms with E-state index in [0.717, 1.165) is 41.2 Å². The number of likely N-dealkylation sites (tertiary alicyclic amines) is 1. The molecule has 2 aliphatic heterocycles. The lowest BCUT2D eigenvalue weighted by Gasteiger charge is -2.33. The summed E-state index contributed by atoms with van der Waals surface area (Å²) in [4.78, 5) is 34.7. The minimum absolute atomic E-state index is 0.0213. The fraction of sp³-hybridized carbons (Fsp3) is 0.400. The maximum absolute atomic E-state index is 13.4. The molecular weight excluding hydrogens is 422 g/mol. The number of benzene rings is 2. The van der Waals surface area contributed by atoms with Gasteiger partial charge in [-0.15, -0.1) is 11.3 Å². The van der Waals surface area contributed by atoms with Gasteiger partial charge in [0.25, 0.3) is 0 Å². The van der Waals surface area contributed by atoms with Crippen LogP contribution in [0.3, 0.4) is 0 Å². The van der Waals surface area contributed by atoms with Gasteiger partial charge in [0, 0.05) is 32.0 Å². The molecule has 2 aromatic carbocycles. The van der Waals surface area contributed by atoms with Crippen LogP contribution in [0, 0.1) is 12.8 Å². The Labute approximate surface area is 191 Å². The number of anilines is 1. The van der Waals surface area contributed by atoms with E-state index in [1.807, 2.05) is 48.2 Å². The molecule has 32 heavy (non-hydrogen) atoms. The van der Waals surface area contributed by atoms with E-state index in [0.29, 0.717) is 18.8 Å². The summed E-state index contributed by atoms with van der Waals surface area (Å²) in [5, 5.41) is 1.11. The van der Waals surface area contributed by atoms with Crippen LogP contribution in [-0.4, -0.2) is 48.4 Å². The molecule has 1 aromatic heterocycles. The molecule has 2 aliphatic rings. The van der Waals surface area contributed by atoms with Gasteiger partial charge >= 0.3 is 0 Å². The zero-order valence-corrected chi connectivity index (χ0v) is 19.2. The molecule has 3 heterocycles. The third-order valence-electron chi connectivity index (χ3n) is 6.49. The highest BCUT2D eigenvalue weighted by Crippen LogP contribution is 2.36. The molecular formula is C25H27N3O3S. The second kappa shape index (κ2) is 8.54. The number of aromatic nitrogens is 1. The molecule has 2 amide bonds. The first-order chi connectivity index (χ1) is 15.5. The number of para-hydroxylation sites is 1. The average Bonchev–Trinajstić information content (AvgIpc) is 3.42. The molecule has 2 saturated heterocycles. The Hall–Kier alpha value is -2.93. The van der Waals surface area contributed by atoms with Gasteiger partial charge < -0.3 is 14.5 Å². The highest BCUT2D eigenvalue weighted by molar-refractivity contribution is 7.18. The fourth-order valence-corrected chi connectivity index (χ4v) is 5.91. The van der Waals surface area contributed by atoms with E-state index in [4.69, 9.17) is 9.72 Å². The Morgan fingerprint density at radius 1 is 1.19 bits per heavy atom. The third kappa shape index (κ3) is 3.86. The quantitative estimate of drug-likeness (QED) is 0.593. The molecule has 0 bridgehead atoms. The standard InChI is InChI=1S/C25H27N3O3S/c1-16-9-10-21(31-2)20(12-16)28-15-18(13-23(28)29)25(30)27-11-5-6-17(14-27)24-26-19-7-3-4-8-22(19)32-24/h3-4,7-10,12,17-18H,5-6,11,13-15H2,1-2H3/t17-,18-/m0/s1. The highest BCUT2D eigenvalue weighted by Gasteiger charge is 2.39. The van der Waals surface area contributed by atoms with Crippen molar-refractivity contribution in [1.29, 1.82) is 0 Å². The number of rotatable bonds is 4. The fourth-order valence-electron chi connectivity index (χ4n) is 4.82. The topological polar surface area (TPSA) is 62.7 Å². The van der Waals surface area contributed by atoms with E-state index in [9.17, 15) is 9.59 Å². The number of fused-ring (bicyclic) bond motifs is 1. The molecule has 7 heteroatoms. The van der Waals surface area contributed by atoms with Gasteiger partial charge in [-0.1, -0.05) is 18.2 Å². The lowest BCUT2D eigenvalue weighted by molar-refractivity contribution is -0.137. The van der Waals surface area contributed by atoms with Crippen molar-refractivity contribution in [2.24, 2.45) is 5.92 Å². The second-order valence-corrected chi connectivity index (χ2v) is 9.79. The number of ether oxygens (including phenoxy) is 1. The Balaban J connectivity index is 1.31. The number of carbonyl (C=O) groups is 2. The number of methoxy groups -OCH3 is 1. The summed E-state index contributed by atoms with van der Waals surface area (Å²) in [5.74, 6) is 0.660. The van der Waals surface area contributed by atoms with Crippen LogP contribution in [0.1, 0.15) is 35.8 Å². The number of aryl methyl sites for hydroxylation is 1. The third-order valence-corrected chi connectivity index (χ3v) is 7.69. The predicted octanol–water partition coefficient (Wildman–Crippen LogP) is 4.37. The minimum atomic E-state index is -0.318. The van der Waals surface area contributed by atoms with E-state index in [1.165, 1.54) is 4.70 Å². The number of hydrogen-bond acceptors (Lipinski definition) is 5. The number of carbonyl (C=O) groups excluding carboxylic acids is 2. The van der Waals surface area contributed by atoms with Crippen molar-refractivity contribution in [2.75, 3.05) is 31.6 Å². The van der Waals surface area contributed by atoms with E-state index >= 15 is 0 Å². The van der Waals surface area contributed by atoms with E-state index in [-0.39, 0.29) is 30.1 Å². The van der Waals surface area contributed by atoms with Crippen LogP contribution in [0.5, 0.6) is 5.75 Å². The van der Waals surface area contributed by atoms with Crippen LogP contribution in [0.25, 0.3) is 10.2 Å². The van der Waals surface area contributed by atoms with Crippen molar-refractivity contribution in [1.82, 2.24) is 9.88 Å². The Morgan fingerprint density at radius 2 is 2.03 bits per heavy atom. The molecule has 6 nitrogen and oxygen atoms in total. The zero-order chi connectivity index (χ0) is 22.2. The average molecular weight is 450 g/mol. The summed E-state index contributed by atoms with van der Waals surface area (Å²) in [6, 6.07) is 14.0. The van der Waals surface area contributed by atoms with Crippen LogP contribution in [-0.2, 0) is 9.59 Å². The van der Waals surface area contributed by atoms with Crippen LogP contribution < -0.4 is 9.64 Å². The normalized spacial score (nSPS) is 21.4. The lowest BCUT2D eigenvalue weighted by atomic mass is 9.96.